The summed E-state index contributed by atoms with van der Waals surface area (Å²) in [6, 6.07) is 0. The summed E-state index contributed by atoms with van der Waals surface area (Å²) in [5.74, 6) is 0. The van der Waals surface area contributed by atoms with Crippen molar-refractivity contribution in [2.24, 2.45) is 0 Å². The molecule has 0 saturated carbocycles. The summed E-state index contributed by atoms with van der Waals surface area (Å²) >= 11 is 0. The Labute approximate surface area is 76.7 Å². The Bertz CT molecular complexity index is 211. The molecule has 0 aliphatic heterocycles. The summed E-state index contributed by atoms with van der Waals surface area (Å²) < 4.78 is 0. The van der Waals surface area contributed by atoms with Gasteiger partial charge in [0.1, 0.15) is 0 Å². The highest BCUT2D eigenvalue weighted by Gasteiger charge is 1.99. The quantitative estimate of drug-likeness (QED) is 0.535. The molecule has 0 nitrogen and oxygen atoms in total. The maximum Gasteiger partial charge on any atom is -0.0393 e. The summed E-state index contributed by atoms with van der Waals surface area (Å²) in [4.78, 5) is 0. The van der Waals surface area contributed by atoms with Gasteiger partial charge in [-0.2, -0.15) is 0 Å². The minimum atomic E-state index is 1.37. The van der Waals surface area contributed by atoms with Gasteiger partial charge in [0.05, 0.1) is 0 Å². The van der Waals surface area contributed by atoms with Gasteiger partial charge in [-0.05, 0) is 52.7 Å². The second-order valence-corrected chi connectivity index (χ2v) is 3.19. The zero-order valence-corrected chi connectivity index (χ0v) is 9.15. The van der Waals surface area contributed by atoms with Crippen molar-refractivity contribution in [1.29, 1.82) is 0 Å². The van der Waals surface area contributed by atoms with Crippen LogP contribution in [-0.2, 0) is 0 Å². The van der Waals surface area contributed by atoms with E-state index in [1.807, 2.05) is 0 Å². The summed E-state index contributed by atoms with van der Waals surface area (Å²) in [5, 5.41) is 0. The Balaban J connectivity index is 4.95. The normalized spacial score (nSPS) is 16.2. The molecule has 0 aliphatic rings. The van der Waals surface area contributed by atoms with E-state index in [9.17, 15) is 0 Å². The van der Waals surface area contributed by atoms with Crippen LogP contribution in [0.2, 0.25) is 0 Å². The Kier molecular flexibility index (Phi) is 4.65. The van der Waals surface area contributed by atoms with Crippen LogP contribution in [0.1, 0.15) is 41.5 Å². The fraction of sp³-hybridized carbons (Fsp3) is 0.500. The van der Waals surface area contributed by atoms with Crippen LogP contribution in [0.3, 0.4) is 0 Å². The lowest BCUT2D eigenvalue weighted by Gasteiger charge is -2.08. The third kappa shape index (κ3) is 2.69. The van der Waals surface area contributed by atoms with Crippen molar-refractivity contribution < 1.29 is 0 Å². The zero-order valence-electron chi connectivity index (χ0n) is 9.15. The van der Waals surface area contributed by atoms with Crippen molar-refractivity contribution in [2.75, 3.05) is 0 Å². The molecule has 0 saturated heterocycles. The first-order chi connectivity index (χ1) is 5.54. The Morgan fingerprint density at radius 1 is 0.667 bits per heavy atom. The molecule has 0 rings (SSSR count). The monoisotopic (exact) mass is 164 g/mol. The second kappa shape index (κ2) is 4.97. The minimum Gasteiger partial charge on any atom is -0.0844 e. The van der Waals surface area contributed by atoms with Gasteiger partial charge in [-0.3, -0.25) is 0 Å². The first-order valence-corrected chi connectivity index (χ1v) is 4.48. The molecule has 0 heterocycles. The maximum atomic E-state index is 2.18. The molecule has 0 fully saturated rings. The predicted molar refractivity (Wildman–Crippen MR) is 57.2 cm³/mol. The lowest BCUT2D eigenvalue weighted by Crippen LogP contribution is -1.87. The summed E-state index contributed by atoms with van der Waals surface area (Å²) in [6.07, 6.45) is 4.31. The molecule has 0 radical (unpaired) electrons. The number of rotatable bonds is 2. The minimum absolute atomic E-state index is 1.37. The van der Waals surface area contributed by atoms with Crippen molar-refractivity contribution in [2.45, 2.75) is 41.5 Å². The van der Waals surface area contributed by atoms with Crippen molar-refractivity contribution in [3.8, 4) is 0 Å². The molecule has 0 heteroatoms. The SMILES string of the molecule is C/C=C(C)/C(C)=C(C)/C(C)=C/C. The van der Waals surface area contributed by atoms with E-state index in [1.54, 1.807) is 0 Å². The van der Waals surface area contributed by atoms with E-state index in [1.165, 1.54) is 22.3 Å². The fourth-order valence-corrected chi connectivity index (χ4v) is 1.02. The van der Waals surface area contributed by atoms with Crippen LogP contribution in [0.25, 0.3) is 0 Å². The molecule has 0 aromatic carbocycles. The van der Waals surface area contributed by atoms with Crippen LogP contribution in [0.5, 0.6) is 0 Å². The van der Waals surface area contributed by atoms with Gasteiger partial charge in [0.2, 0.25) is 0 Å². The highest BCUT2D eigenvalue weighted by atomic mass is 14.0. The van der Waals surface area contributed by atoms with Crippen LogP contribution >= 0.6 is 0 Å². The fourth-order valence-electron chi connectivity index (χ4n) is 1.02. The average Bonchev–Trinajstić information content (AvgIpc) is 2.12. The van der Waals surface area contributed by atoms with Crippen molar-refractivity contribution in [1.82, 2.24) is 0 Å². The van der Waals surface area contributed by atoms with Gasteiger partial charge in [0.15, 0.2) is 0 Å². The van der Waals surface area contributed by atoms with E-state index in [0.29, 0.717) is 0 Å². The van der Waals surface area contributed by atoms with Crippen LogP contribution in [0, 0.1) is 0 Å². The molecule has 0 N–H and O–H groups in total. The molecule has 0 unspecified atom stereocenters. The standard InChI is InChI=1S/C12H20/c1-7-9(3)11(5)12(6)10(4)8-2/h7-8H,1-6H3/b9-7+,10-8+,12-11+. The van der Waals surface area contributed by atoms with Crippen LogP contribution in [-0.4, -0.2) is 0 Å². The van der Waals surface area contributed by atoms with E-state index in [0.717, 1.165) is 0 Å². The molecule has 0 spiro atoms. The third-order valence-corrected chi connectivity index (χ3v) is 2.61. The average molecular weight is 164 g/mol. The van der Waals surface area contributed by atoms with Crippen LogP contribution in [0.15, 0.2) is 34.4 Å². The van der Waals surface area contributed by atoms with Gasteiger partial charge >= 0.3 is 0 Å². The van der Waals surface area contributed by atoms with Gasteiger partial charge in [0.25, 0.3) is 0 Å². The smallest absolute Gasteiger partial charge is 0.0393 e. The maximum absolute atomic E-state index is 2.18. The predicted octanol–water partition coefficient (Wildman–Crippen LogP) is 4.26. The van der Waals surface area contributed by atoms with Gasteiger partial charge in [0, 0.05) is 0 Å². The molecule has 0 atom stereocenters. The van der Waals surface area contributed by atoms with Crippen molar-refractivity contribution in [3.05, 3.63) is 34.4 Å². The highest BCUT2D eigenvalue weighted by molar-refractivity contribution is 5.40. The third-order valence-electron chi connectivity index (χ3n) is 2.61. The molecule has 12 heavy (non-hydrogen) atoms. The molecule has 0 aromatic rings. The second-order valence-electron chi connectivity index (χ2n) is 3.19. The summed E-state index contributed by atoms with van der Waals surface area (Å²) in [6.45, 7) is 12.8. The van der Waals surface area contributed by atoms with Crippen LogP contribution in [0.4, 0.5) is 0 Å². The molecule has 68 valence electrons. The molecular weight excluding hydrogens is 144 g/mol. The highest BCUT2D eigenvalue weighted by Crippen LogP contribution is 2.19. The molecule has 0 aliphatic carbocycles. The van der Waals surface area contributed by atoms with E-state index in [2.05, 4.69) is 53.7 Å². The number of hydrogen-bond donors (Lipinski definition) is 0. The number of allylic oxidation sites excluding steroid dienone is 6. The zero-order chi connectivity index (χ0) is 9.72. The Morgan fingerprint density at radius 3 is 1.08 bits per heavy atom. The Morgan fingerprint density at radius 2 is 0.917 bits per heavy atom. The molecular formula is C12H20. The topological polar surface area (TPSA) is 0 Å². The van der Waals surface area contributed by atoms with Crippen molar-refractivity contribution >= 4 is 0 Å². The lowest BCUT2D eigenvalue weighted by atomic mass is 9.98. The van der Waals surface area contributed by atoms with Gasteiger partial charge in [-0.25, -0.2) is 0 Å². The van der Waals surface area contributed by atoms with E-state index in [-0.39, 0.29) is 0 Å². The molecule has 0 aromatic heterocycles. The first kappa shape index (κ1) is 11.2. The van der Waals surface area contributed by atoms with Gasteiger partial charge < -0.3 is 0 Å². The van der Waals surface area contributed by atoms with E-state index >= 15 is 0 Å². The largest absolute Gasteiger partial charge is 0.0844 e. The lowest BCUT2D eigenvalue weighted by molar-refractivity contribution is 1.21. The number of hydrogen-bond acceptors (Lipinski definition) is 0. The van der Waals surface area contributed by atoms with Crippen LogP contribution < -0.4 is 0 Å². The van der Waals surface area contributed by atoms with E-state index < -0.39 is 0 Å². The molecule has 0 amide bonds. The van der Waals surface area contributed by atoms with Gasteiger partial charge in [-0.15, -0.1) is 0 Å². The van der Waals surface area contributed by atoms with Gasteiger partial charge in [-0.1, -0.05) is 23.3 Å². The summed E-state index contributed by atoms with van der Waals surface area (Å²) in [5.41, 5.74) is 5.53. The molecule has 0 bridgehead atoms. The Hall–Kier alpha value is -0.780. The van der Waals surface area contributed by atoms with Crippen molar-refractivity contribution in [3.63, 3.8) is 0 Å². The summed E-state index contributed by atoms with van der Waals surface area (Å²) in [7, 11) is 0. The first-order valence-electron chi connectivity index (χ1n) is 4.48. The van der Waals surface area contributed by atoms with E-state index in [4.69, 9.17) is 0 Å².